The van der Waals surface area contributed by atoms with Gasteiger partial charge in [0.1, 0.15) is 18.3 Å². The predicted octanol–water partition coefficient (Wildman–Crippen LogP) is 3.86. The van der Waals surface area contributed by atoms with Gasteiger partial charge in [0.15, 0.2) is 11.2 Å². The number of imidazole rings is 1. The van der Waals surface area contributed by atoms with Crippen LogP contribution in [0.25, 0.3) is 11.2 Å². The maximum atomic E-state index is 10.8. The first-order valence-corrected chi connectivity index (χ1v) is 8.82. The number of nitro groups is 1. The summed E-state index contributed by atoms with van der Waals surface area (Å²) in [5, 5.41) is 10.8. The minimum absolute atomic E-state index is 0.00237. The molecule has 3 heterocycles. The van der Waals surface area contributed by atoms with Crippen LogP contribution in [0.2, 0.25) is 0 Å². The molecule has 3 atom stereocenters. The molecule has 0 aliphatic carbocycles. The first-order valence-electron chi connectivity index (χ1n) is 8.82. The van der Waals surface area contributed by atoms with Gasteiger partial charge in [-0.1, -0.05) is 13.8 Å². The van der Waals surface area contributed by atoms with Gasteiger partial charge in [0.2, 0.25) is 0 Å². The van der Waals surface area contributed by atoms with E-state index >= 15 is 0 Å². The highest BCUT2D eigenvalue weighted by molar-refractivity contribution is 5.76. The zero-order valence-electron chi connectivity index (χ0n) is 15.0. The minimum Gasteiger partial charge on any atom is -0.437 e. The third-order valence-corrected chi connectivity index (χ3v) is 4.84. The highest BCUT2D eigenvalue weighted by Crippen LogP contribution is 2.37. The van der Waals surface area contributed by atoms with Crippen molar-refractivity contribution in [1.82, 2.24) is 19.5 Å². The van der Waals surface area contributed by atoms with Crippen LogP contribution in [0.3, 0.4) is 0 Å². The van der Waals surface area contributed by atoms with Crippen LogP contribution in [-0.4, -0.2) is 30.5 Å². The van der Waals surface area contributed by atoms with Crippen molar-refractivity contribution in [2.75, 3.05) is 0 Å². The summed E-state index contributed by atoms with van der Waals surface area (Å²) >= 11 is 0. The highest BCUT2D eigenvalue weighted by atomic mass is 16.6. The number of aromatic nitrogens is 4. The quantitative estimate of drug-likeness (QED) is 0.496. The maximum absolute atomic E-state index is 10.8. The molecule has 1 fully saturated rings. The van der Waals surface area contributed by atoms with Gasteiger partial charge in [0, 0.05) is 12.1 Å². The average Bonchev–Trinajstić information content (AvgIpc) is 3.26. The van der Waals surface area contributed by atoms with Crippen LogP contribution in [0, 0.1) is 16.0 Å². The van der Waals surface area contributed by atoms with Crippen molar-refractivity contribution in [3.63, 3.8) is 0 Å². The van der Waals surface area contributed by atoms with E-state index < -0.39 is 4.92 Å². The Kier molecular flexibility index (Phi) is 4.44. The predicted molar refractivity (Wildman–Crippen MR) is 96.5 cm³/mol. The largest absolute Gasteiger partial charge is 0.437 e. The molecule has 9 nitrogen and oxygen atoms in total. The summed E-state index contributed by atoms with van der Waals surface area (Å²) in [4.78, 5) is 23.2. The molecule has 27 heavy (non-hydrogen) atoms. The van der Waals surface area contributed by atoms with Crippen molar-refractivity contribution in [3.8, 4) is 11.6 Å². The molecule has 1 saturated heterocycles. The molecule has 3 aromatic rings. The smallest absolute Gasteiger partial charge is 0.269 e. The zero-order chi connectivity index (χ0) is 19.0. The molecular formula is C18H19N5O4. The Bertz CT molecular complexity index is 972. The van der Waals surface area contributed by atoms with Gasteiger partial charge in [-0.05, 0) is 30.9 Å². The number of hydrogen-bond acceptors (Lipinski definition) is 7. The fourth-order valence-corrected chi connectivity index (χ4v) is 3.40. The van der Waals surface area contributed by atoms with Crippen molar-refractivity contribution < 1.29 is 14.4 Å². The molecule has 4 rings (SSSR count). The summed E-state index contributed by atoms with van der Waals surface area (Å²) in [7, 11) is 0. The van der Waals surface area contributed by atoms with Crippen LogP contribution >= 0.6 is 0 Å². The van der Waals surface area contributed by atoms with E-state index in [0.717, 1.165) is 12.8 Å². The van der Waals surface area contributed by atoms with E-state index in [1.807, 2.05) is 4.57 Å². The van der Waals surface area contributed by atoms with E-state index in [9.17, 15) is 10.1 Å². The van der Waals surface area contributed by atoms with Crippen LogP contribution in [0.4, 0.5) is 5.69 Å². The van der Waals surface area contributed by atoms with E-state index in [4.69, 9.17) is 9.47 Å². The van der Waals surface area contributed by atoms with Crippen molar-refractivity contribution in [3.05, 3.63) is 47.0 Å². The maximum Gasteiger partial charge on any atom is 0.269 e. The lowest BCUT2D eigenvalue weighted by Crippen LogP contribution is -2.12. The van der Waals surface area contributed by atoms with E-state index in [1.165, 1.54) is 30.6 Å². The number of ether oxygens (including phenoxy) is 2. The molecule has 1 aliphatic heterocycles. The van der Waals surface area contributed by atoms with Gasteiger partial charge >= 0.3 is 0 Å². The van der Waals surface area contributed by atoms with Gasteiger partial charge in [-0.25, -0.2) is 9.97 Å². The number of fused-ring (bicyclic) bond motifs is 1. The number of nitro benzene ring substituents is 1. The SMILES string of the molecule is CC[C@H]1O[C@@H](n2cnc3c(Oc4ccc([N+](=O)[O-])cc4)ncnc32)CC1C. The van der Waals surface area contributed by atoms with Gasteiger partial charge in [-0.15, -0.1) is 0 Å². The molecule has 0 spiro atoms. The molecule has 0 radical (unpaired) electrons. The summed E-state index contributed by atoms with van der Waals surface area (Å²) in [5.74, 6) is 1.20. The van der Waals surface area contributed by atoms with E-state index in [0.29, 0.717) is 28.7 Å². The molecule has 2 aromatic heterocycles. The molecule has 0 bridgehead atoms. The Hall–Kier alpha value is -3.07. The summed E-state index contributed by atoms with van der Waals surface area (Å²) in [6.45, 7) is 4.30. The lowest BCUT2D eigenvalue weighted by molar-refractivity contribution is -0.384. The second-order valence-corrected chi connectivity index (χ2v) is 6.61. The van der Waals surface area contributed by atoms with Gasteiger partial charge in [-0.2, -0.15) is 4.98 Å². The van der Waals surface area contributed by atoms with Gasteiger partial charge in [0.25, 0.3) is 11.6 Å². The lowest BCUT2D eigenvalue weighted by atomic mass is 10.0. The number of non-ortho nitro benzene ring substituents is 1. The first-order chi connectivity index (χ1) is 13.1. The molecule has 0 amide bonds. The molecular weight excluding hydrogens is 350 g/mol. The summed E-state index contributed by atoms with van der Waals surface area (Å²) < 4.78 is 13.8. The summed E-state index contributed by atoms with van der Waals surface area (Å²) in [5.41, 5.74) is 1.15. The average molecular weight is 369 g/mol. The first kappa shape index (κ1) is 17.3. The van der Waals surface area contributed by atoms with Crippen molar-refractivity contribution in [2.45, 2.75) is 39.0 Å². The topological polar surface area (TPSA) is 105 Å². The van der Waals surface area contributed by atoms with Crippen molar-refractivity contribution in [1.29, 1.82) is 0 Å². The second kappa shape index (κ2) is 6.92. The fraction of sp³-hybridized carbons (Fsp3) is 0.389. The third-order valence-electron chi connectivity index (χ3n) is 4.84. The van der Waals surface area contributed by atoms with E-state index in [1.54, 1.807) is 6.33 Å². The molecule has 0 saturated carbocycles. The van der Waals surface area contributed by atoms with Crippen LogP contribution in [0.5, 0.6) is 11.6 Å². The van der Waals surface area contributed by atoms with Crippen LogP contribution < -0.4 is 4.74 Å². The second-order valence-electron chi connectivity index (χ2n) is 6.61. The highest BCUT2D eigenvalue weighted by Gasteiger charge is 2.33. The summed E-state index contributed by atoms with van der Waals surface area (Å²) in [6, 6.07) is 5.81. The van der Waals surface area contributed by atoms with Crippen LogP contribution in [0.1, 0.15) is 32.9 Å². The molecule has 140 valence electrons. The number of hydrogen-bond donors (Lipinski definition) is 0. The lowest BCUT2D eigenvalue weighted by Gasteiger charge is -2.14. The Morgan fingerprint density at radius 2 is 2.07 bits per heavy atom. The van der Waals surface area contributed by atoms with E-state index in [-0.39, 0.29) is 18.0 Å². The summed E-state index contributed by atoms with van der Waals surface area (Å²) in [6.07, 6.45) is 5.08. The number of rotatable bonds is 5. The standard InChI is InChI=1S/C18H19N5O4/c1-3-14-11(2)8-15(27-14)22-10-21-16-17(22)19-9-20-18(16)26-13-6-4-12(5-7-13)23(24)25/h4-7,9-11,14-15H,3,8H2,1-2H3/t11?,14-,15-/m1/s1. The Morgan fingerprint density at radius 3 is 2.74 bits per heavy atom. The number of benzene rings is 1. The van der Waals surface area contributed by atoms with Crippen LogP contribution in [-0.2, 0) is 4.74 Å². The Morgan fingerprint density at radius 1 is 1.30 bits per heavy atom. The number of nitrogens with zero attached hydrogens (tertiary/aromatic N) is 5. The monoisotopic (exact) mass is 369 g/mol. The molecule has 1 unspecified atom stereocenters. The van der Waals surface area contributed by atoms with Crippen molar-refractivity contribution in [2.24, 2.45) is 5.92 Å². The Balaban J connectivity index is 1.62. The third kappa shape index (κ3) is 3.21. The zero-order valence-corrected chi connectivity index (χ0v) is 15.0. The molecule has 1 aromatic carbocycles. The van der Waals surface area contributed by atoms with Gasteiger partial charge < -0.3 is 9.47 Å². The molecule has 0 N–H and O–H groups in total. The van der Waals surface area contributed by atoms with E-state index in [2.05, 4.69) is 28.8 Å². The van der Waals surface area contributed by atoms with Gasteiger partial charge in [-0.3, -0.25) is 14.7 Å². The fourth-order valence-electron chi connectivity index (χ4n) is 3.40. The molecule has 9 heteroatoms. The minimum atomic E-state index is -0.458. The van der Waals surface area contributed by atoms with Crippen molar-refractivity contribution >= 4 is 16.9 Å². The molecule has 1 aliphatic rings. The normalized spacial score (nSPS) is 22.2. The van der Waals surface area contributed by atoms with Gasteiger partial charge in [0.05, 0.1) is 17.4 Å². The van der Waals surface area contributed by atoms with Crippen LogP contribution in [0.15, 0.2) is 36.9 Å². The Labute approximate surface area is 155 Å².